The summed E-state index contributed by atoms with van der Waals surface area (Å²) in [6, 6.07) is 14.5. The molecule has 0 aromatic heterocycles. The third-order valence-electron chi connectivity index (χ3n) is 6.50. The fourth-order valence-corrected chi connectivity index (χ4v) is 6.39. The molecule has 5 rings (SSSR count). The van der Waals surface area contributed by atoms with Crippen molar-refractivity contribution in [3.8, 4) is 0 Å². The predicted octanol–water partition coefficient (Wildman–Crippen LogP) is 4.64. The highest BCUT2D eigenvalue weighted by atomic mass is 32.2. The Morgan fingerprint density at radius 2 is 1.87 bits per heavy atom. The number of hydrogen-bond acceptors (Lipinski definition) is 3. The highest BCUT2D eigenvalue weighted by molar-refractivity contribution is 8.04. The molecule has 2 aliphatic heterocycles. The molecule has 2 fully saturated rings. The normalized spacial score (nSPS) is 24.3. The monoisotopic (exact) mass is 436 g/mol. The van der Waals surface area contributed by atoms with Crippen LogP contribution in [0.1, 0.15) is 36.8 Å². The van der Waals surface area contributed by atoms with Crippen molar-refractivity contribution in [2.45, 2.75) is 43.4 Å². The van der Waals surface area contributed by atoms with Gasteiger partial charge in [-0.05, 0) is 43.0 Å². The lowest BCUT2D eigenvalue weighted by molar-refractivity contribution is -0.134. The minimum Gasteiger partial charge on any atom is -0.325 e. The number of nitrogens with zero attached hydrogens (tertiary/aromatic N) is 2. The lowest BCUT2D eigenvalue weighted by Crippen LogP contribution is -2.54. The first-order valence-electron chi connectivity index (χ1n) is 10.9. The molecule has 2 amide bonds. The van der Waals surface area contributed by atoms with E-state index < -0.39 is 0 Å². The van der Waals surface area contributed by atoms with E-state index in [-0.39, 0.29) is 35.5 Å². The molecule has 0 N–H and O–H groups in total. The van der Waals surface area contributed by atoms with Gasteiger partial charge in [-0.15, -0.1) is 11.8 Å². The molecule has 1 aliphatic carbocycles. The number of para-hydroxylation sites is 1. The summed E-state index contributed by atoms with van der Waals surface area (Å²) in [5.74, 6) is -0.539. The first-order chi connectivity index (χ1) is 15.1. The largest absolute Gasteiger partial charge is 0.325 e. The van der Waals surface area contributed by atoms with Crippen molar-refractivity contribution in [1.82, 2.24) is 4.90 Å². The second-order valence-corrected chi connectivity index (χ2v) is 9.68. The van der Waals surface area contributed by atoms with Gasteiger partial charge >= 0.3 is 0 Å². The minimum absolute atomic E-state index is 0.0419. The maximum Gasteiger partial charge on any atom is 0.261 e. The van der Waals surface area contributed by atoms with Gasteiger partial charge in [-0.25, -0.2) is 4.39 Å². The molecule has 1 saturated carbocycles. The quantitative estimate of drug-likeness (QED) is 0.658. The molecular formula is C25H25FN2O2S. The van der Waals surface area contributed by atoms with Crippen molar-refractivity contribution in [3.63, 3.8) is 0 Å². The fourth-order valence-electron chi connectivity index (χ4n) is 4.92. The minimum atomic E-state index is -0.342. The molecule has 2 heterocycles. The van der Waals surface area contributed by atoms with Crippen LogP contribution in [0.2, 0.25) is 0 Å². The standard InChI is InChI=1S/C25H25FN2O2S/c26-19-9-3-1-8-18(19)15-23-25(30)28(21-11-5-6-12-22(21)31-23)16-24(29)27-14-13-17-7-2-4-10-20(17)27/h1-4,7-10,15,21-22H,5-6,11-14,16H2/b23-15-. The molecule has 2 aromatic carbocycles. The number of fused-ring (bicyclic) bond motifs is 2. The Labute approximate surface area is 186 Å². The number of carbonyl (C=O) groups is 2. The Morgan fingerprint density at radius 3 is 2.74 bits per heavy atom. The number of hydrogen-bond donors (Lipinski definition) is 0. The number of halogens is 1. The second-order valence-electron chi connectivity index (χ2n) is 8.40. The lowest BCUT2D eigenvalue weighted by Gasteiger charge is -2.44. The van der Waals surface area contributed by atoms with Crippen LogP contribution in [-0.2, 0) is 16.0 Å². The molecule has 0 bridgehead atoms. The van der Waals surface area contributed by atoms with Crippen LogP contribution < -0.4 is 4.90 Å². The Kier molecular flexibility index (Phi) is 5.57. The van der Waals surface area contributed by atoms with Gasteiger partial charge in [0.1, 0.15) is 12.4 Å². The van der Waals surface area contributed by atoms with Gasteiger partial charge in [0.2, 0.25) is 5.91 Å². The van der Waals surface area contributed by atoms with E-state index >= 15 is 0 Å². The molecule has 160 valence electrons. The molecule has 0 spiro atoms. The molecule has 31 heavy (non-hydrogen) atoms. The van der Waals surface area contributed by atoms with E-state index in [1.54, 1.807) is 40.9 Å². The number of rotatable bonds is 3. The van der Waals surface area contributed by atoms with Gasteiger partial charge in [-0.1, -0.05) is 49.2 Å². The third kappa shape index (κ3) is 3.89. The van der Waals surface area contributed by atoms with Gasteiger partial charge in [0.25, 0.3) is 5.91 Å². The van der Waals surface area contributed by atoms with E-state index in [0.29, 0.717) is 17.0 Å². The van der Waals surface area contributed by atoms with Gasteiger partial charge in [0.05, 0.1) is 4.91 Å². The van der Waals surface area contributed by atoms with Crippen LogP contribution in [0.15, 0.2) is 53.4 Å². The zero-order chi connectivity index (χ0) is 21.4. The number of benzene rings is 2. The molecule has 3 aliphatic rings. The van der Waals surface area contributed by atoms with E-state index in [2.05, 4.69) is 6.07 Å². The first kappa shape index (κ1) is 20.3. The van der Waals surface area contributed by atoms with Crippen LogP contribution in [-0.4, -0.2) is 41.1 Å². The van der Waals surface area contributed by atoms with Crippen molar-refractivity contribution >= 4 is 35.3 Å². The van der Waals surface area contributed by atoms with Gasteiger partial charge in [0.15, 0.2) is 0 Å². The SMILES string of the molecule is O=C(CN1C(=O)/C(=C/c2ccccc2F)SC2CCCCC21)N1CCc2ccccc21. The summed E-state index contributed by atoms with van der Waals surface area (Å²) in [7, 11) is 0. The topological polar surface area (TPSA) is 40.6 Å². The molecule has 2 unspecified atom stereocenters. The van der Waals surface area contributed by atoms with Crippen LogP contribution in [0.3, 0.4) is 0 Å². The average Bonchev–Trinajstić information content (AvgIpc) is 3.22. The van der Waals surface area contributed by atoms with E-state index in [4.69, 9.17) is 0 Å². The zero-order valence-corrected chi connectivity index (χ0v) is 18.1. The Bertz CT molecular complexity index is 1050. The average molecular weight is 437 g/mol. The summed E-state index contributed by atoms with van der Waals surface area (Å²) in [6.07, 6.45) is 6.61. The van der Waals surface area contributed by atoms with Gasteiger partial charge in [-0.3, -0.25) is 9.59 Å². The molecule has 0 radical (unpaired) electrons. The fraction of sp³-hybridized carbons (Fsp3) is 0.360. The number of amides is 2. The molecule has 2 atom stereocenters. The third-order valence-corrected chi connectivity index (χ3v) is 7.90. The Balaban J connectivity index is 1.42. The molecular weight excluding hydrogens is 411 g/mol. The van der Waals surface area contributed by atoms with Crippen LogP contribution in [0, 0.1) is 5.82 Å². The summed E-state index contributed by atoms with van der Waals surface area (Å²) in [5.41, 5.74) is 2.54. The molecule has 4 nitrogen and oxygen atoms in total. The van der Waals surface area contributed by atoms with Crippen LogP contribution in [0.5, 0.6) is 0 Å². The number of carbonyl (C=O) groups excluding carboxylic acids is 2. The van der Waals surface area contributed by atoms with Gasteiger partial charge < -0.3 is 9.80 Å². The molecule has 2 aromatic rings. The summed E-state index contributed by atoms with van der Waals surface area (Å²) in [4.78, 5) is 30.8. The second kappa shape index (κ2) is 8.50. The maximum absolute atomic E-state index is 14.2. The highest BCUT2D eigenvalue weighted by Crippen LogP contribution is 2.42. The van der Waals surface area contributed by atoms with Crippen LogP contribution >= 0.6 is 11.8 Å². The van der Waals surface area contributed by atoms with Gasteiger partial charge in [0, 0.05) is 29.1 Å². The summed E-state index contributed by atoms with van der Waals surface area (Å²) in [6.45, 7) is 0.727. The Morgan fingerprint density at radius 1 is 1.10 bits per heavy atom. The van der Waals surface area contributed by atoms with Crippen molar-refractivity contribution in [2.24, 2.45) is 0 Å². The van der Waals surface area contributed by atoms with Crippen molar-refractivity contribution < 1.29 is 14.0 Å². The number of anilines is 1. The van der Waals surface area contributed by atoms with Gasteiger partial charge in [-0.2, -0.15) is 0 Å². The molecule has 1 saturated heterocycles. The van der Waals surface area contributed by atoms with Crippen LogP contribution in [0.25, 0.3) is 6.08 Å². The smallest absolute Gasteiger partial charge is 0.261 e. The first-order valence-corrected chi connectivity index (χ1v) is 11.8. The molecule has 6 heteroatoms. The van der Waals surface area contributed by atoms with Crippen LogP contribution in [0.4, 0.5) is 10.1 Å². The van der Waals surface area contributed by atoms with E-state index in [9.17, 15) is 14.0 Å². The summed E-state index contributed by atoms with van der Waals surface area (Å²) >= 11 is 1.56. The van der Waals surface area contributed by atoms with E-state index in [1.165, 1.54) is 11.6 Å². The lowest BCUT2D eigenvalue weighted by atomic mass is 9.93. The van der Waals surface area contributed by atoms with E-state index in [1.807, 2.05) is 23.1 Å². The van der Waals surface area contributed by atoms with Crippen molar-refractivity contribution in [1.29, 1.82) is 0 Å². The summed E-state index contributed by atoms with van der Waals surface area (Å²) < 4.78 is 14.2. The Hall–Kier alpha value is -2.60. The highest BCUT2D eigenvalue weighted by Gasteiger charge is 2.42. The van der Waals surface area contributed by atoms with Crippen molar-refractivity contribution in [3.05, 3.63) is 70.4 Å². The number of thioether (sulfide) groups is 1. The van der Waals surface area contributed by atoms with E-state index in [0.717, 1.165) is 37.8 Å². The summed E-state index contributed by atoms with van der Waals surface area (Å²) in [5, 5.41) is 0.253. The van der Waals surface area contributed by atoms with Crippen molar-refractivity contribution in [2.75, 3.05) is 18.0 Å². The maximum atomic E-state index is 14.2. The zero-order valence-electron chi connectivity index (χ0n) is 17.3. The predicted molar refractivity (Wildman–Crippen MR) is 122 cm³/mol.